The maximum absolute atomic E-state index is 12.0. The molecule has 0 N–H and O–H groups in total. The number of ether oxygens (including phenoxy) is 1. The first-order valence-electron chi connectivity index (χ1n) is 11.3. The minimum atomic E-state index is -0.362. The van der Waals surface area contributed by atoms with E-state index in [0.717, 1.165) is 25.9 Å². The van der Waals surface area contributed by atoms with Gasteiger partial charge in [-0.1, -0.05) is 91.0 Å². The number of hydrogen-bond donors (Lipinski definition) is 0. The number of likely N-dealkylation sites (tertiary alicyclic amines) is 1. The van der Waals surface area contributed by atoms with Crippen LogP contribution < -0.4 is 0 Å². The number of nitrogens with zero attached hydrogens (tertiary/aromatic N) is 1. The van der Waals surface area contributed by atoms with Crippen LogP contribution in [0.5, 0.6) is 0 Å². The fraction of sp³-hybridized carbons (Fsp3) is 0.321. The first-order chi connectivity index (χ1) is 15.2. The highest BCUT2D eigenvalue weighted by atomic mass is 16.5. The fourth-order valence-corrected chi connectivity index (χ4v) is 5.01. The van der Waals surface area contributed by atoms with Gasteiger partial charge >= 0.3 is 5.97 Å². The summed E-state index contributed by atoms with van der Waals surface area (Å²) in [5, 5.41) is 0. The molecule has 3 aromatic rings. The van der Waals surface area contributed by atoms with Gasteiger partial charge < -0.3 is 4.74 Å². The molecule has 3 aromatic carbocycles. The smallest absolute Gasteiger partial charge is 0.306 e. The maximum Gasteiger partial charge on any atom is 0.306 e. The number of piperidine rings is 1. The molecule has 160 valence electrons. The number of carbonyl (C=O) groups excluding carboxylic acids is 1. The molecule has 0 spiro atoms. The molecule has 1 aliphatic rings. The summed E-state index contributed by atoms with van der Waals surface area (Å²) in [5.74, 6) is 0.316. The molecule has 3 heteroatoms. The normalized spacial score (nSPS) is 15.5. The van der Waals surface area contributed by atoms with Crippen LogP contribution in [-0.4, -0.2) is 30.6 Å². The Morgan fingerprint density at radius 3 is 1.61 bits per heavy atom. The SMILES string of the molecule is CCOC(=O)CC1CCN(C(c2ccccc2)(c2ccccc2)c2ccccc2)CC1. The van der Waals surface area contributed by atoms with E-state index in [2.05, 4.69) is 95.9 Å². The first kappa shape index (κ1) is 21.3. The van der Waals surface area contributed by atoms with Crippen LogP contribution in [0.2, 0.25) is 0 Å². The second-order valence-electron chi connectivity index (χ2n) is 8.25. The standard InChI is InChI=1S/C28H31NO2/c1-2-31-27(30)22-23-18-20-29(21-19-23)28(24-12-6-3-7-13-24,25-14-8-4-9-15-25)26-16-10-5-11-17-26/h3-17,23H,2,18-22H2,1H3. The van der Waals surface area contributed by atoms with Gasteiger partial charge in [0.25, 0.3) is 0 Å². The van der Waals surface area contributed by atoms with Crippen molar-refractivity contribution in [2.24, 2.45) is 5.92 Å². The number of esters is 1. The summed E-state index contributed by atoms with van der Waals surface area (Å²) in [6.45, 7) is 4.19. The van der Waals surface area contributed by atoms with Crippen molar-refractivity contribution in [1.82, 2.24) is 4.90 Å². The highest BCUT2D eigenvalue weighted by molar-refractivity contribution is 5.69. The Kier molecular flexibility index (Phi) is 6.83. The van der Waals surface area contributed by atoms with Crippen LogP contribution in [0.3, 0.4) is 0 Å². The Morgan fingerprint density at radius 1 is 0.806 bits per heavy atom. The average Bonchev–Trinajstić information content (AvgIpc) is 2.83. The number of rotatable bonds is 7. The molecule has 31 heavy (non-hydrogen) atoms. The van der Waals surface area contributed by atoms with Gasteiger partial charge in [0.2, 0.25) is 0 Å². The van der Waals surface area contributed by atoms with Crippen molar-refractivity contribution in [2.75, 3.05) is 19.7 Å². The lowest BCUT2D eigenvalue weighted by atomic mass is 9.74. The molecule has 1 saturated heterocycles. The van der Waals surface area contributed by atoms with Crippen LogP contribution in [0, 0.1) is 5.92 Å². The van der Waals surface area contributed by atoms with E-state index in [1.807, 2.05) is 6.92 Å². The van der Waals surface area contributed by atoms with Crippen LogP contribution in [0.25, 0.3) is 0 Å². The van der Waals surface area contributed by atoms with Gasteiger partial charge in [-0.2, -0.15) is 0 Å². The zero-order valence-corrected chi connectivity index (χ0v) is 18.2. The van der Waals surface area contributed by atoms with Crippen LogP contribution in [-0.2, 0) is 15.1 Å². The van der Waals surface area contributed by atoms with E-state index in [1.54, 1.807) is 0 Å². The topological polar surface area (TPSA) is 29.5 Å². The summed E-state index contributed by atoms with van der Waals surface area (Å²) >= 11 is 0. The van der Waals surface area contributed by atoms with E-state index in [-0.39, 0.29) is 11.5 Å². The highest BCUT2D eigenvalue weighted by Gasteiger charge is 2.43. The summed E-state index contributed by atoms with van der Waals surface area (Å²) in [6, 6.07) is 32.5. The van der Waals surface area contributed by atoms with Crippen LogP contribution in [0.4, 0.5) is 0 Å². The lowest BCUT2D eigenvalue weighted by molar-refractivity contribution is -0.144. The van der Waals surface area contributed by atoms with Crippen LogP contribution in [0.1, 0.15) is 42.9 Å². The maximum atomic E-state index is 12.0. The Labute approximate surface area is 185 Å². The van der Waals surface area contributed by atoms with Gasteiger partial charge in [0, 0.05) is 6.42 Å². The largest absolute Gasteiger partial charge is 0.466 e. The quantitative estimate of drug-likeness (QED) is 0.371. The van der Waals surface area contributed by atoms with E-state index < -0.39 is 0 Å². The first-order valence-corrected chi connectivity index (χ1v) is 11.3. The molecule has 0 amide bonds. The van der Waals surface area contributed by atoms with E-state index in [9.17, 15) is 4.79 Å². The monoisotopic (exact) mass is 413 g/mol. The van der Waals surface area contributed by atoms with E-state index >= 15 is 0 Å². The van der Waals surface area contributed by atoms with Gasteiger partial charge in [0.05, 0.1) is 12.1 Å². The third kappa shape index (κ3) is 4.42. The van der Waals surface area contributed by atoms with Crippen molar-refractivity contribution in [3.05, 3.63) is 108 Å². The molecule has 0 saturated carbocycles. The number of benzene rings is 3. The third-order valence-electron chi connectivity index (χ3n) is 6.42. The lowest BCUT2D eigenvalue weighted by Gasteiger charge is -2.48. The summed E-state index contributed by atoms with van der Waals surface area (Å²) in [4.78, 5) is 14.6. The van der Waals surface area contributed by atoms with Crippen molar-refractivity contribution in [3.63, 3.8) is 0 Å². The second kappa shape index (κ2) is 9.93. The molecule has 0 atom stereocenters. The molecule has 0 bridgehead atoms. The van der Waals surface area contributed by atoms with Gasteiger partial charge in [0.1, 0.15) is 0 Å². The molecule has 0 radical (unpaired) electrons. The Balaban J connectivity index is 1.74. The Hall–Kier alpha value is -2.91. The van der Waals surface area contributed by atoms with Crippen molar-refractivity contribution < 1.29 is 9.53 Å². The molecule has 0 unspecified atom stereocenters. The predicted octanol–water partition coefficient (Wildman–Crippen LogP) is 5.64. The number of carbonyl (C=O) groups is 1. The van der Waals surface area contributed by atoms with Gasteiger partial charge in [-0.05, 0) is 55.5 Å². The Morgan fingerprint density at radius 2 is 1.23 bits per heavy atom. The summed E-state index contributed by atoms with van der Waals surface area (Å²) in [5.41, 5.74) is 3.46. The second-order valence-corrected chi connectivity index (χ2v) is 8.25. The molecule has 0 aliphatic carbocycles. The molecule has 3 nitrogen and oxygen atoms in total. The van der Waals surface area contributed by atoms with Crippen LogP contribution in [0.15, 0.2) is 91.0 Å². The summed E-state index contributed by atoms with van der Waals surface area (Å²) in [6.07, 6.45) is 2.51. The van der Waals surface area contributed by atoms with Crippen molar-refractivity contribution in [3.8, 4) is 0 Å². The Bertz CT molecular complexity index is 851. The molecular formula is C28H31NO2. The van der Waals surface area contributed by atoms with Crippen molar-refractivity contribution in [2.45, 2.75) is 31.7 Å². The minimum Gasteiger partial charge on any atom is -0.466 e. The van der Waals surface area contributed by atoms with Crippen LogP contribution >= 0.6 is 0 Å². The fourth-order valence-electron chi connectivity index (χ4n) is 5.01. The molecule has 1 heterocycles. The van der Waals surface area contributed by atoms with Crippen molar-refractivity contribution >= 4 is 5.97 Å². The molecule has 1 fully saturated rings. The van der Waals surface area contributed by atoms with Crippen molar-refractivity contribution in [1.29, 1.82) is 0 Å². The third-order valence-corrected chi connectivity index (χ3v) is 6.42. The van der Waals surface area contributed by atoms with Gasteiger partial charge in [-0.3, -0.25) is 9.69 Å². The van der Waals surface area contributed by atoms with E-state index in [0.29, 0.717) is 18.9 Å². The predicted molar refractivity (Wildman–Crippen MR) is 125 cm³/mol. The molecule has 4 rings (SSSR count). The van der Waals surface area contributed by atoms with Gasteiger partial charge in [-0.15, -0.1) is 0 Å². The zero-order chi connectivity index (χ0) is 21.5. The minimum absolute atomic E-state index is 0.0682. The average molecular weight is 414 g/mol. The molecule has 0 aromatic heterocycles. The molecule has 1 aliphatic heterocycles. The van der Waals surface area contributed by atoms with E-state index in [1.165, 1.54) is 16.7 Å². The lowest BCUT2D eigenvalue weighted by Crippen LogP contribution is -2.51. The summed E-state index contributed by atoms with van der Waals surface area (Å²) in [7, 11) is 0. The van der Waals surface area contributed by atoms with E-state index in [4.69, 9.17) is 4.74 Å². The molecular weight excluding hydrogens is 382 g/mol. The highest BCUT2D eigenvalue weighted by Crippen LogP contribution is 2.44. The number of hydrogen-bond acceptors (Lipinski definition) is 3. The zero-order valence-electron chi connectivity index (χ0n) is 18.2. The summed E-state index contributed by atoms with van der Waals surface area (Å²) < 4.78 is 5.19. The van der Waals surface area contributed by atoms with Gasteiger partial charge in [0.15, 0.2) is 0 Å². The van der Waals surface area contributed by atoms with Gasteiger partial charge in [-0.25, -0.2) is 0 Å².